The normalized spacial score (nSPS) is 17.5. The smallest absolute Gasteiger partial charge is 0.123 e. The molecule has 0 aromatic heterocycles. The number of aliphatic imine (C=N–C) groups is 2. The fourth-order valence-electron chi connectivity index (χ4n) is 3.08. The van der Waals surface area contributed by atoms with Crippen molar-refractivity contribution in [1.82, 2.24) is 0 Å². The van der Waals surface area contributed by atoms with Gasteiger partial charge in [0.2, 0.25) is 0 Å². The lowest BCUT2D eigenvalue weighted by atomic mass is 9.71. The van der Waals surface area contributed by atoms with E-state index in [0.29, 0.717) is 5.84 Å². The molecule has 0 saturated heterocycles. The van der Waals surface area contributed by atoms with Crippen molar-refractivity contribution < 1.29 is 4.74 Å². The summed E-state index contributed by atoms with van der Waals surface area (Å²) in [7, 11) is 3.40. The van der Waals surface area contributed by atoms with Crippen LogP contribution >= 0.6 is 0 Å². The lowest BCUT2D eigenvalue weighted by Crippen LogP contribution is -2.33. The summed E-state index contributed by atoms with van der Waals surface area (Å²) in [6, 6.07) is 4.18. The fourth-order valence-corrected chi connectivity index (χ4v) is 3.08. The van der Waals surface area contributed by atoms with Crippen LogP contribution in [0.3, 0.4) is 0 Å². The predicted octanol–water partition coefficient (Wildman–Crippen LogP) is 2.98. The van der Waals surface area contributed by atoms with Crippen molar-refractivity contribution in [2.75, 3.05) is 14.2 Å². The molecule has 0 radical (unpaired) electrons. The Morgan fingerprint density at radius 1 is 1.38 bits per heavy atom. The molecule has 0 aliphatic heterocycles. The predicted molar refractivity (Wildman–Crippen MR) is 89.2 cm³/mol. The van der Waals surface area contributed by atoms with E-state index in [1.54, 1.807) is 14.2 Å². The van der Waals surface area contributed by atoms with Gasteiger partial charge in [0.05, 0.1) is 12.8 Å². The van der Waals surface area contributed by atoms with E-state index in [9.17, 15) is 0 Å². The maximum Gasteiger partial charge on any atom is 0.123 e. The lowest BCUT2D eigenvalue weighted by molar-refractivity contribution is 0.408. The first-order chi connectivity index (χ1) is 9.85. The quantitative estimate of drug-likeness (QED) is 0.685. The number of nitrogens with zero attached hydrogens (tertiary/aromatic N) is 2. The Morgan fingerprint density at radius 3 is 2.57 bits per heavy atom. The second-order valence-electron chi connectivity index (χ2n) is 6.03. The van der Waals surface area contributed by atoms with Gasteiger partial charge in [0.1, 0.15) is 11.6 Å². The maximum atomic E-state index is 6.12. The number of methoxy groups -OCH3 is 1. The number of nitrogens with two attached hydrogens (primary N) is 1. The van der Waals surface area contributed by atoms with Crippen LogP contribution in [0.15, 0.2) is 27.7 Å². The van der Waals surface area contributed by atoms with Gasteiger partial charge >= 0.3 is 0 Å². The Labute approximate surface area is 126 Å². The first kappa shape index (κ1) is 15.3. The molecule has 1 aromatic rings. The van der Waals surface area contributed by atoms with Crippen molar-refractivity contribution in [1.29, 1.82) is 0 Å². The van der Waals surface area contributed by atoms with E-state index in [4.69, 9.17) is 10.5 Å². The number of aryl methyl sites for hydroxylation is 1. The average Bonchev–Trinajstić information content (AvgIpc) is 2.44. The molecule has 1 aromatic carbocycles. The summed E-state index contributed by atoms with van der Waals surface area (Å²) >= 11 is 0. The van der Waals surface area contributed by atoms with Crippen LogP contribution < -0.4 is 10.5 Å². The third-order valence-electron chi connectivity index (χ3n) is 4.08. The zero-order valence-electron chi connectivity index (χ0n) is 13.4. The number of fused-ring (bicyclic) bond motifs is 1. The van der Waals surface area contributed by atoms with Crippen LogP contribution in [0.4, 0.5) is 0 Å². The molecule has 4 heteroatoms. The molecule has 0 saturated carbocycles. The van der Waals surface area contributed by atoms with Crippen LogP contribution in [0, 0.1) is 12.3 Å². The summed E-state index contributed by atoms with van der Waals surface area (Å²) in [4.78, 5) is 8.42. The highest BCUT2D eigenvalue weighted by molar-refractivity contribution is 6.06. The fraction of sp³-hybridized carbons (Fsp3) is 0.412. The van der Waals surface area contributed by atoms with Crippen LogP contribution in [0.1, 0.15) is 30.5 Å². The Bertz CT molecular complexity index is 654. The molecular formula is C17H23N3O. The second kappa shape index (κ2) is 5.35. The first-order valence-corrected chi connectivity index (χ1v) is 6.97. The van der Waals surface area contributed by atoms with E-state index in [-0.39, 0.29) is 5.41 Å². The number of ether oxygens (including phenoxy) is 1. The topological polar surface area (TPSA) is 60.0 Å². The summed E-state index contributed by atoms with van der Waals surface area (Å²) in [6.07, 6.45) is 0.865. The monoisotopic (exact) mass is 285 g/mol. The number of amidine groups is 1. The van der Waals surface area contributed by atoms with E-state index in [1.165, 1.54) is 5.56 Å². The van der Waals surface area contributed by atoms with E-state index < -0.39 is 0 Å². The summed E-state index contributed by atoms with van der Waals surface area (Å²) in [5, 5.41) is 0. The second-order valence-corrected chi connectivity index (χ2v) is 6.03. The van der Waals surface area contributed by atoms with Crippen molar-refractivity contribution in [2.45, 2.75) is 27.2 Å². The molecule has 4 nitrogen and oxygen atoms in total. The Morgan fingerprint density at radius 2 is 2.05 bits per heavy atom. The van der Waals surface area contributed by atoms with Gasteiger partial charge in [-0.25, -0.2) is 0 Å². The van der Waals surface area contributed by atoms with Crippen LogP contribution in [0.25, 0.3) is 5.70 Å². The highest BCUT2D eigenvalue weighted by Gasteiger charge is 2.35. The Hall–Kier alpha value is -2.10. The molecule has 0 spiro atoms. The zero-order valence-corrected chi connectivity index (χ0v) is 13.4. The van der Waals surface area contributed by atoms with Crippen molar-refractivity contribution >= 4 is 18.3 Å². The van der Waals surface area contributed by atoms with E-state index >= 15 is 0 Å². The standard InChI is InChI=1S/C17H23N3O/c1-10-7-12-11(8-13(10)21-6)9-17(2,3)14(15(12)19-4)16(18)20-5/h7-8H,4,9H2,1-3,5-6H3,(H2,18,20). The molecule has 0 bridgehead atoms. The molecule has 0 unspecified atom stereocenters. The molecule has 112 valence electrons. The molecule has 1 aliphatic carbocycles. The molecule has 0 heterocycles. The molecule has 2 rings (SSSR count). The number of benzene rings is 1. The van der Waals surface area contributed by atoms with Gasteiger partial charge in [-0.15, -0.1) is 0 Å². The number of rotatable bonds is 3. The van der Waals surface area contributed by atoms with Crippen LogP contribution in [0.5, 0.6) is 5.75 Å². The van der Waals surface area contributed by atoms with Gasteiger partial charge < -0.3 is 10.5 Å². The molecular weight excluding hydrogens is 262 g/mol. The number of hydrogen-bond acceptors (Lipinski definition) is 3. The van der Waals surface area contributed by atoms with Gasteiger partial charge in [-0.3, -0.25) is 9.98 Å². The lowest BCUT2D eigenvalue weighted by Gasteiger charge is -2.35. The molecule has 0 amide bonds. The van der Waals surface area contributed by atoms with Crippen molar-refractivity contribution in [3.63, 3.8) is 0 Å². The van der Waals surface area contributed by atoms with Crippen LogP contribution in [-0.2, 0) is 6.42 Å². The van der Waals surface area contributed by atoms with E-state index in [0.717, 1.165) is 34.6 Å². The minimum Gasteiger partial charge on any atom is -0.496 e. The third-order valence-corrected chi connectivity index (χ3v) is 4.08. The summed E-state index contributed by atoms with van der Waals surface area (Å²) in [5.41, 5.74) is 11.1. The van der Waals surface area contributed by atoms with Crippen LogP contribution in [0.2, 0.25) is 0 Å². The maximum absolute atomic E-state index is 6.12. The Kier molecular flexibility index (Phi) is 3.90. The third kappa shape index (κ3) is 2.46. The van der Waals surface area contributed by atoms with Gasteiger partial charge in [-0.05, 0) is 48.7 Å². The molecule has 21 heavy (non-hydrogen) atoms. The van der Waals surface area contributed by atoms with Crippen LogP contribution in [-0.4, -0.2) is 26.7 Å². The number of hydrogen-bond donors (Lipinski definition) is 1. The molecule has 2 N–H and O–H groups in total. The van der Waals surface area contributed by atoms with Gasteiger partial charge in [-0.1, -0.05) is 13.8 Å². The molecule has 0 atom stereocenters. The summed E-state index contributed by atoms with van der Waals surface area (Å²) in [5.74, 6) is 1.43. The SMILES string of the molecule is C=NC1=C(C(N)=NC)C(C)(C)Cc2cc(OC)c(C)cc21. The average molecular weight is 285 g/mol. The van der Waals surface area contributed by atoms with Crippen molar-refractivity contribution in [3.8, 4) is 5.75 Å². The highest BCUT2D eigenvalue weighted by atomic mass is 16.5. The molecule has 0 fully saturated rings. The van der Waals surface area contributed by atoms with Gasteiger partial charge in [0.25, 0.3) is 0 Å². The minimum atomic E-state index is -0.145. The first-order valence-electron chi connectivity index (χ1n) is 6.97. The van der Waals surface area contributed by atoms with Gasteiger partial charge in [0, 0.05) is 18.2 Å². The highest BCUT2D eigenvalue weighted by Crippen LogP contribution is 2.44. The van der Waals surface area contributed by atoms with Crippen molar-refractivity contribution in [2.24, 2.45) is 21.1 Å². The van der Waals surface area contributed by atoms with Gasteiger partial charge in [0.15, 0.2) is 0 Å². The summed E-state index contributed by atoms with van der Waals surface area (Å²) < 4.78 is 5.43. The van der Waals surface area contributed by atoms with Crippen molar-refractivity contribution in [3.05, 3.63) is 34.4 Å². The Balaban J connectivity index is 2.80. The van der Waals surface area contributed by atoms with E-state index in [1.807, 2.05) is 6.92 Å². The van der Waals surface area contributed by atoms with E-state index in [2.05, 4.69) is 42.7 Å². The molecule has 1 aliphatic rings. The zero-order chi connectivity index (χ0) is 15.8. The van der Waals surface area contributed by atoms with Gasteiger partial charge in [-0.2, -0.15) is 0 Å². The largest absolute Gasteiger partial charge is 0.496 e. The minimum absolute atomic E-state index is 0.145. The summed E-state index contributed by atoms with van der Waals surface area (Å²) in [6.45, 7) is 10.1.